The molecule has 226 valence electrons. The lowest BCUT2D eigenvalue weighted by Crippen LogP contribution is -1.84. The van der Waals surface area contributed by atoms with Crippen LogP contribution in [0, 0.1) is 0 Å². The number of ether oxygens (including phenoxy) is 2. The third-order valence-corrected chi connectivity index (χ3v) is 9.14. The molecule has 0 saturated heterocycles. The Hall–Kier alpha value is -6.52. The van der Waals surface area contributed by atoms with Crippen molar-refractivity contribution in [1.82, 2.24) is 0 Å². The van der Waals surface area contributed by atoms with Gasteiger partial charge in [0.05, 0.1) is 0 Å². The van der Waals surface area contributed by atoms with E-state index in [1.54, 1.807) is 0 Å². The first kappa shape index (κ1) is 26.7. The highest BCUT2D eigenvalue weighted by Crippen LogP contribution is 2.40. The smallest absolute Gasteiger partial charge is 0.143 e. The second-order valence-corrected chi connectivity index (χ2v) is 12.1. The molecule has 2 heterocycles. The highest BCUT2D eigenvalue weighted by Gasteiger charge is 2.15. The second kappa shape index (κ2) is 10.5. The predicted octanol–water partition coefficient (Wildman–Crippen LogP) is 13.0. The number of para-hydroxylation sites is 2. The van der Waals surface area contributed by atoms with Crippen molar-refractivity contribution in [2.75, 3.05) is 0 Å². The van der Waals surface area contributed by atoms with Gasteiger partial charge in [-0.15, -0.1) is 0 Å². The minimum absolute atomic E-state index is 0.794. The van der Waals surface area contributed by atoms with E-state index in [4.69, 9.17) is 18.3 Å². The highest BCUT2D eigenvalue weighted by molar-refractivity contribution is 6.17. The molecule has 0 atom stereocenters. The monoisotopic (exact) mass is 618 g/mol. The predicted molar refractivity (Wildman–Crippen MR) is 194 cm³/mol. The van der Waals surface area contributed by atoms with Crippen LogP contribution >= 0.6 is 0 Å². The fraction of sp³-hybridized carbons (Fsp3) is 0. The topological polar surface area (TPSA) is 44.7 Å². The van der Waals surface area contributed by atoms with Gasteiger partial charge in [-0.3, -0.25) is 0 Å². The molecule has 0 aliphatic rings. The van der Waals surface area contributed by atoms with E-state index < -0.39 is 0 Å². The van der Waals surface area contributed by atoms with Gasteiger partial charge in [0, 0.05) is 32.3 Å². The maximum Gasteiger partial charge on any atom is 0.143 e. The number of benzene rings is 8. The van der Waals surface area contributed by atoms with E-state index in [1.165, 1.54) is 0 Å². The first-order valence-electron chi connectivity index (χ1n) is 16.0. The first-order chi connectivity index (χ1) is 23.7. The van der Waals surface area contributed by atoms with Gasteiger partial charge in [-0.2, -0.15) is 0 Å². The third kappa shape index (κ3) is 4.38. The summed E-state index contributed by atoms with van der Waals surface area (Å²) >= 11 is 0. The zero-order valence-electron chi connectivity index (χ0n) is 25.6. The first-order valence-corrected chi connectivity index (χ1v) is 16.0. The minimum Gasteiger partial charge on any atom is -0.457 e. The van der Waals surface area contributed by atoms with E-state index >= 15 is 0 Å². The van der Waals surface area contributed by atoms with Crippen LogP contribution in [0.2, 0.25) is 0 Å². The molecule has 0 N–H and O–H groups in total. The second-order valence-electron chi connectivity index (χ2n) is 12.1. The molecule has 0 unspecified atom stereocenters. The zero-order chi connectivity index (χ0) is 31.6. The molecule has 0 amide bonds. The van der Waals surface area contributed by atoms with Crippen LogP contribution in [0.15, 0.2) is 167 Å². The molecule has 4 nitrogen and oxygen atoms in total. The SMILES string of the molecule is c1ccc(Oc2ccc3c(ccc4c5ccc(-c6ccc7c(c6)oc6c8ccc(Oc9ccccc9)cc8ccc76)cc5oc34)c2)cc1. The molecule has 0 aliphatic carbocycles. The third-order valence-electron chi connectivity index (χ3n) is 9.14. The fourth-order valence-corrected chi connectivity index (χ4v) is 6.82. The normalized spacial score (nSPS) is 11.8. The van der Waals surface area contributed by atoms with E-state index in [9.17, 15) is 0 Å². The number of hydrogen-bond donors (Lipinski definition) is 0. The molecular formula is C44H26O4. The Kier molecular flexibility index (Phi) is 5.84. The van der Waals surface area contributed by atoms with Gasteiger partial charge >= 0.3 is 0 Å². The van der Waals surface area contributed by atoms with Gasteiger partial charge in [-0.25, -0.2) is 0 Å². The van der Waals surface area contributed by atoms with Crippen molar-refractivity contribution in [2.24, 2.45) is 0 Å². The van der Waals surface area contributed by atoms with E-state index in [1.807, 2.05) is 72.8 Å². The van der Waals surface area contributed by atoms with Crippen LogP contribution in [0.25, 0.3) is 76.5 Å². The van der Waals surface area contributed by atoms with Crippen LogP contribution in [0.5, 0.6) is 23.0 Å². The Morgan fingerprint density at radius 2 is 0.729 bits per heavy atom. The quantitative estimate of drug-likeness (QED) is 0.192. The summed E-state index contributed by atoms with van der Waals surface area (Å²) in [6.07, 6.45) is 0. The molecule has 0 aliphatic heterocycles. The minimum atomic E-state index is 0.794. The average Bonchev–Trinajstić information content (AvgIpc) is 3.70. The zero-order valence-corrected chi connectivity index (χ0v) is 25.6. The number of rotatable bonds is 5. The Morgan fingerprint density at radius 3 is 1.19 bits per heavy atom. The highest BCUT2D eigenvalue weighted by atomic mass is 16.5. The van der Waals surface area contributed by atoms with Gasteiger partial charge in [-0.05, 0) is 119 Å². The summed E-state index contributed by atoms with van der Waals surface area (Å²) in [6, 6.07) is 53.3. The van der Waals surface area contributed by atoms with E-state index in [-0.39, 0.29) is 0 Å². The Balaban J connectivity index is 1.01. The fourth-order valence-electron chi connectivity index (χ4n) is 6.82. The van der Waals surface area contributed by atoms with Crippen molar-refractivity contribution >= 4 is 65.4 Å². The molecule has 0 fully saturated rings. The summed E-state index contributed by atoms with van der Waals surface area (Å²) < 4.78 is 25.2. The molecule has 4 heteroatoms. The number of fused-ring (bicyclic) bond motifs is 10. The standard InChI is InChI=1S/C44H26O4/c1-3-7-31(8-4-1)45-33-15-21-35-29(23-33)13-19-39-37-17-11-27(25-41(37)47-43(35)39)28-12-18-38-40-20-14-30-24-34(46-32-9-5-2-6-10-32)16-22-36(30)44(40)48-42(38)26-28/h1-26H. The van der Waals surface area contributed by atoms with Gasteiger partial charge in [0.2, 0.25) is 0 Å². The molecule has 0 spiro atoms. The van der Waals surface area contributed by atoms with Crippen molar-refractivity contribution in [3.05, 3.63) is 158 Å². The van der Waals surface area contributed by atoms with E-state index in [2.05, 4.69) is 84.9 Å². The summed E-state index contributed by atoms with van der Waals surface area (Å²) in [7, 11) is 0. The summed E-state index contributed by atoms with van der Waals surface area (Å²) in [5, 5.41) is 8.62. The van der Waals surface area contributed by atoms with Crippen molar-refractivity contribution in [3.8, 4) is 34.1 Å². The van der Waals surface area contributed by atoms with Crippen LogP contribution in [0.1, 0.15) is 0 Å². The lowest BCUT2D eigenvalue weighted by atomic mass is 10.0. The maximum atomic E-state index is 6.54. The molecule has 2 aromatic heterocycles. The molecule has 8 aromatic carbocycles. The van der Waals surface area contributed by atoms with Gasteiger partial charge < -0.3 is 18.3 Å². The summed E-state index contributed by atoms with van der Waals surface area (Å²) in [4.78, 5) is 0. The lowest BCUT2D eigenvalue weighted by molar-refractivity contribution is 0.483. The van der Waals surface area contributed by atoms with Gasteiger partial charge in [0.25, 0.3) is 0 Å². The van der Waals surface area contributed by atoms with Gasteiger partial charge in [-0.1, -0.05) is 60.7 Å². The summed E-state index contributed by atoms with van der Waals surface area (Å²) in [6.45, 7) is 0. The summed E-state index contributed by atoms with van der Waals surface area (Å²) in [5.74, 6) is 3.21. The Bertz CT molecular complexity index is 2630. The molecule has 10 aromatic rings. The van der Waals surface area contributed by atoms with Crippen LogP contribution in [-0.4, -0.2) is 0 Å². The molecular weight excluding hydrogens is 592 g/mol. The van der Waals surface area contributed by atoms with Crippen LogP contribution in [-0.2, 0) is 0 Å². The maximum absolute atomic E-state index is 6.54. The Labute approximate surface area is 275 Å². The van der Waals surface area contributed by atoms with Crippen LogP contribution in [0.3, 0.4) is 0 Å². The lowest BCUT2D eigenvalue weighted by Gasteiger charge is -2.07. The van der Waals surface area contributed by atoms with Crippen LogP contribution in [0.4, 0.5) is 0 Å². The van der Waals surface area contributed by atoms with E-state index in [0.29, 0.717) is 0 Å². The largest absolute Gasteiger partial charge is 0.457 e. The van der Waals surface area contributed by atoms with Crippen molar-refractivity contribution < 1.29 is 18.3 Å². The van der Waals surface area contributed by atoms with Crippen molar-refractivity contribution in [3.63, 3.8) is 0 Å². The number of furan rings is 2. The Morgan fingerprint density at radius 1 is 0.312 bits per heavy atom. The van der Waals surface area contributed by atoms with E-state index in [0.717, 1.165) is 99.5 Å². The summed E-state index contributed by atoms with van der Waals surface area (Å²) in [5.41, 5.74) is 5.59. The van der Waals surface area contributed by atoms with Gasteiger partial charge in [0.1, 0.15) is 45.3 Å². The van der Waals surface area contributed by atoms with Crippen LogP contribution < -0.4 is 9.47 Å². The molecule has 48 heavy (non-hydrogen) atoms. The van der Waals surface area contributed by atoms with Gasteiger partial charge in [0.15, 0.2) is 0 Å². The number of hydrogen-bond acceptors (Lipinski definition) is 4. The van der Waals surface area contributed by atoms with Crippen molar-refractivity contribution in [2.45, 2.75) is 0 Å². The van der Waals surface area contributed by atoms with Crippen molar-refractivity contribution in [1.29, 1.82) is 0 Å². The molecule has 0 bridgehead atoms. The average molecular weight is 619 g/mol. The molecule has 0 radical (unpaired) electrons. The molecule has 10 rings (SSSR count). The molecule has 0 saturated carbocycles.